The number of esters is 1. The van der Waals surface area contributed by atoms with E-state index in [0.717, 1.165) is 24.0 Å². The van der Waals surface area contributed by atoms with Gasteiger partial charge in [0.2, 0.25) is 0 Å². The average Bonchev–Trinajstić information content (AvgIpc) is 3.57. The van der Waals surface area contributed by atoms with E-state index in [9.17, 15) is 18.8 Å². The zero-order valence-corrected chi connectivity index (χ0v) is 21.4. The topological polar surface area (TPSA) is 68.6 Å². The highest BCUT2D eigenvalue weighted by Crippen LogP contribution is 2.40. The van der Waals surface area contributed by atoms with Crippen molar-refractivity contribution >= 4 is 47.1 Å². The Balaban J connectivity index is 0.00000342. The van der Waals surface area contributed by atoms with Crippen LogP contribution < -0.4 is 0 Å². The molecule has 0 bridgehead atoms. The number of ketones is 1. The maximum absolute atomic E-state index is 14.8. The van der Waals surface area contributed by atoms with Crippen molar-refractivity contribution in [1.29, 1.82) is 0 Å². The fourth-order valence-electron chi connectivity index (χ4n) is 4.47. The molecular formula is C26H30ClFN2O4S. The van der Waals surface area contributed by atoms with Crippen molar-refractivity contribution in [2.24, 2.45) is 5.92 Å². The van der Waals surface area contributed by atoms with Crippen LogP contribution in [0.25, 0.3) is 6.08 Å². The fraction of sp³-hybridized carbons (Fsp3) is 0.423. The molecule has 1 saturated carbocycles. The third-order valence-electron chi connectivity index (χ3n) is 6.26. The number of piperidine rings is 1. The van der Waals surface area contributed by atoms with Gasteiger partial charge in [-0.2, -0.15) is 0 Å². The highest BCUT2D eigenvalue weighted by molar-refractivity contribution is 8.14. The molecule has 1 aromatic carbocycles. The van der Waals surface area contributed by atoms with Gasteiger partial charge in [-0.1, -0.05) is 36.0 Å². The number of halogens is 2. The van der Waals surface area contributed by atoms with E-state index in [1.165, 1.54) is 24.9 Å². The third-order valence-corrected chi connectivity index (χ3v) is 7.42. The summed E-state index contributed by atoms with van der Waals surface area (Å²) in [5.41, 5.74) is 2.32. The Labute approximate surface area is 215 Å². The summed E-state index contributed by atoms with van der Waals surface area (Å²) in [6, 6.07) is 7.77. The van der Waals surface area contributed by atoms with Crippen molar-refractivity contribution in [3.63, 3.8) is 0 Å². The van der Waals surface area contributed by atoms with E-state index in [4.69, 9.17) is 4.74 Å². The Bertz CT molecular complexity index is 1110. The van der Waals surface area contributed by atoms with E-state index in [2.05, 4.69) is 0 Å². The molecule has 1 aliphatic carbocycles. The molecule has 188 valence electrons. The van der Waals surface area contributed by atoms with Crippen LogP contribution in [0.1, 0.15) is 43.4 Å². The van der Waals surface area contributed by atoms with Crippen LogP contribution in [-0.4, -0.2) is 51.8 Å². The fourth-order valence-corrected chi connectivity index (χ4v) is 5.38. The summed E-state index contributed by atoms with van der Waals surface area (Å²) in [4.78, 5) is 38.8. The number of methoxy groups -OCH3 is 1. The Kier molecular flexibility index (Phi) is 9.33. The van der Waals surface area contributed by atoms with Crippen LogP contribution in [0.5, 0.6) is 0 Å². The lowest BCUT2D eigenvalue weighted by molar-refractivity contribution is -0.141. The van der Waals surface area contributed by atoms with Crippen molar-refractivity contribution in [3.05, 3.63) is 65.2 Å². The predicted octanol–water partition coefficient (Wildman–Crippen LogP) is 4.68. The normalized spacial score (nSPS) is 20.2. The number of benzene rings is 1. The molecule has 2 fully saturated rings. The summed E-state index contributed by atoms with van der Waals surface area (Å²) >= 11 is 1.29. The van der Waals surface area contributed by atoms with Crippen molar-refractivity contribution in [2.45, 2.75) is 44.0 Å². The third kappa shape index (κ3) is 6.84. The Morgan fingerprint density at radius 3 is 2.60 bits per heavy atom. The van der Waals surface area contributed by atoms with Gasteiger partial charge in [-0.25, -0.2) is 4.39 Å². The van der Waals surface area contributed by atoms with Gasteiger partial charge in [0, 0.05) is 49.1 Å². The first-order valence-electron chi connectivity index (χ1n) is 11.5. The summed E-state index contributed by atoms with van der Waals surface area (Å²) in [6.45, 7) is 2.73. The van der Waals surface area contributed by atoms with Crippen LogP contribution in [0.2, 0.25) is 0 Å². The highest BCUT2D eigenvalue weighted by Gasteiger charge is 2.41. The second-order valence-electron chi connectivity index (χ2n) is 8.87. The average molecular weight is 521 g/mol. The summed E-state index contributed by atoms with van der Waals surface area (Å²) in [5.74, 6) is -0.637. The number of hydrogen-bond acceptors (Lipinski definition) is 6. The van der Waals surface area contributed by atoms with E-state index in [-0.39, 0.29) is 52.8 Å². The standard InChI is InChI=1S/C26H29FN2O4S.ClH/c1-17(30)34-23-10-12-29(15-20(23)13-18-9-11-28(14-18)16-24(31)33-2)25(26(32)19-7-8-19)21-5-3-4-6-22(21)27;/h3-6,9,11,13-14,19,23,25H,7-8,10,12,15-16H2,1-2H3;1H. The van der Waals surface area contributed by atoms with Gasteiger partial charge >= 0.3 is 5.97 Å². The summed E-state index contributed by atoms with van der Waals surface area (Å²) < 4.78 is 21.3. The van der Waals surface area contributed by atoms with Crippen LogP contribution in [0.3, 0.4) is 0 Å². The van der Waals surface area contributed by atoms with Gasteiger partial charge in [0.05, 0.1) is 13.2 Å². The summed E-state index contributed by atoms with van der Waals surface area (Å²) in [5, 5.41) is 0.0160. The van der Waals surface area contributed by atoms with E-state index >= 15 is 0 Å². The van der Waals surface area contributed by atoms with Gasteiger partial charge in [-0.3, -0.25) is 19.3 Å². The molecule has 2 heterocycles. The zero-order chi connectivity index (χ0) is 24.2. The number of likely N-dealkylation sites (tertiary alicyclic amines) is 1. The molecule has 1 aromatic heterocycles. The molecular weight excluding hydrogens is 491 g/mol. The van der Waals surface area contributed by atoms with Gasteiger partial charge in [0.15, 0.2) is 10.9 Å². The van der Waals surface area contributed by atoms with Crippen LogP contribution in [0, 0.1) is 11.7 Å². The lowest BCUT2D eigenvalue weighted by Gasteiger charge is -2.38. The van der Waals surface area contributed by atoms with E-state index < -0.39 is 6.04 Å². The van der Waals surface area contributed by atoms with Gasteiger partial charge in [0.1, 0.15) is 12.4 Å². The second kappa shape index (κ2) is 12.0. The molecule has 1 aliphatic heterocycles. The molecule has 2 unspecified atom stereocenters. The lowest BCUT2D eigenvalue weighted by atomic mass is 9.93. The first kappa shape index (κ1) is 27.2. The van der Waals surface area contributed by atoms with Gasteiger partial charge in [-0.05, 0) is 42.5 Å². The Morgan fingerprint density at radius 1 is 1.20 bits per heavy atom. The smallest absolute Gasteiger partial charge is 0.325 e. The first-order valence-corrected chi connectivity index (χ1v) is 12.4. The zero-order valence-electron chi connectivity index (χ0n) is 19.8. The van der Waals surface area contributed by atoms with Crippen LogP contribution in [-0.2, 0) is 25.7 Å². The number of aromatic nitrogens is 1. The van der Waals surface area contributed by atoms with E-state index in [1.54, 1.807) is 35.9 Å². The van der Waals surface area contributed by atoms with Gasteiger partial charge in [-0.15, -0.1) is 12.4 Å². The number of ether oxygens (including phenoxy) is 1. The summed E-state index contributed by atoms with van der Waals surface area (Å²) in [6.07, 6.45) is 8.06. The van der Waals surface area contributed by atoms with Gasteiger partial charge in [0.25, 0.3) is 0 Å². The summed E-state index contributed by atoms with van der Waals surface area (Å²) in [7, 11) is 1.35. The SMILES string of the molecule is COC(=O)Cn1ccc(C=C2CN(C(C(=O)C3CC3)c3ccccc3F)CCC2SC(C)=O)c1.Cl. The molecule has 6 nitrogen and oxygen atoms in total. The number of rotatable bonds is 8. The molecule has 9 heteroatoms. The van der Waals surface area contributed by atoms with Crippen molar-refractivity contribution in [2.75, 3.05) is 20.2 Å². The predicted molar refractivity (Wildman–Crippen MR) is 137 cm³/mol. The molecule has 0 amide bonds. The highest BCUT2D eigenvalue weighted by atomic mass is 35.5. The Hall–Kier alpha value is -2.42. The lowest BCUT2D eigenvalue weighted by Crippen LogP contribution is -2.43. The minimum atomic E-state index is -0.635. The Morgan fingerprint density at radius 2 is 1.94 bits per heavy atom. The van der Waals surface area contributed by atoms with Crippen molar-refractivity contribution in [3.8, 4) is 0 Å². The minimum absolute atomic E-state index is 0. The molecule has 4 rings (SSSR count). The number of carbonyl (C=O) groups excluding carboxylic acids is 3. The number of thioether (sulfide) groups is 1. The maximum atomic E-state index is 14.8. The molecule has 0 spiro atoms. The number of hydrogen-bond donors (Lipinski definition) is 0. The largest absolute Gasteiger partial charge is 0.468 e. The van der Waals surface area contributed by atoms with E-state index in [1.807, 2.05) is 23.2 Å². The van der Waals surface area contributed by atoms with Crippen LogP contribution in [0.4, 0.5) is 4.39 Å². The molecule has 2 aliphatic rings. The molecule has 0 N–H and O–H groups in total. The quantitative estimate of drug-likeness (QED) is 0.471. The molecule has 1 saturated heterocycles. The number of nitrogens with zero attached hydrogens (tertiary/aromatic N) is 2. The minimum Gasteiger partial charge on any atom is -0.468 e. The number of Topliss-reactive ketones (excluding diaryl/α,β-unsaturated/α-hetero) is 1. The van der Waals surface area contributed by atoms with Crippen LogP contribution in [0.15, 0.2) is 48.3 Å². The maximum Gasteiger partial charge on any atom is 0.325 e. The molecule has 0 radical (unpaired) electrons. The van der Waals surface area contributed by atoms with E-state index in [0.29, 0.717) is 25.1 Å². The van der Waals surface area contributed by atoms with Crippen molar-refractivity contribution in [1.82, 2.24) is 9.47 Å². The second-order valence-corrected chi connectivity index (χ2v) is 10.3. The molecule has 35 heavy (non-hydrogen) atoms. The van der Waals surface area contributed by atoms with Crippen LogP contribution >= 0.6 is 24.2 Å². The van der Waals surface area contributed by atoms with Crippen molar-refractivity contribution < 1.29 is 23.5 Å². The number of carbonyl (C=O) groups is 3. The first-order chi connectivity index (χ1) is 16.4. The molecule has 2 aromatic rings. The van der Waals surface area contributed by atoms with Gasteiger partial charge < -0.3 is 9.30 Å². The molecule has 2 atom stereocenters. The monoisotopic (exact) mass is 520 g/mol.